The van der Waals surface area contributed by atoms with Crippen LogP contribution in [0.2, 0.25) is 0 Å². The highest BCUT2D eigenvalue weighted by Gasteiger charge is 2.13. The summed E-state index contributed by atoms with van der Waals surface area (Å²) in [6.45, 7) is 0.741. The van der Waals surface area contributed by atoms with E-state index in [4.69, 9.17) is 11.5 Å². The molecule has 0 saturated carbocycles. The second-order valence-corrected chi connectivity index (χ2v) is 4.22. The van der Waals surface area contributed by atoms with E-state index in [1.54, 1.807) is 0 Å². The average molecular weight is 251 g/mol. The van der Waals surface area contributed by atoms with Crippen LogP contribution in [-0.2, 0) is 0 Å². The van der Waals surface area contributed by atoms with Crippen LogP contribution in [0.4, 0.5) is 0 Å². The highest BCUT2D eigenvalue weighted by molar-refractivity contribution is 4.70. The molecule has 0 aromatic rings. The molecule has 0 rings (SSSR count). The Morgan fingerprint density at radius 3 is 1.35 bits per heavy atom. The molecule has 7 nitrogen and oxygen atoms in total. The van der Waals surface area contributed by atoms with Gasteiger partial charge in [-0.3, -0.25) is 0 Å². The molecule has 0 amide bonds. The minimum atomic E-state index is -0.712. The monoisotopic (exact) mass is 251 g/mol. The number of hydrogen-bond donors (Lipinski definition) is 7. The minimum absolute atomic E-state index is 0.113. The quantitative estimate of drug-likeness (QED) is 0.215. The van der Waals surface area contributed by atoms with Crippen molar-refractivity contribution in [3.63, 3.8) is 0 Å². The van der Waals surface area contributed by atoms with Crippen molar-refractivity contribution in [3.05, 3.63) is 0 Å². The van der Waals surface area contributed by atoms with Crippen molar-refractivity contribution < 1.29 is 20.4 Å². The smallest absolute Gasteiger partial charge is 0.0689 e. The fraction of sp³-hybridized carbons (Fsp3) is 1.00. The van der Waals surface area contributed by atoms with Gasteiger partial charge in [0.05, 0.1) is 24.4 Å². The van der Waals surface area contributed by atoms with Gasteiger partial charge in [0.25, 0.3) is 0 Å². The summed E-state index contributed by atoms with van der Waals surface area (Å²) >= 11 is 0. The predicted molar refractivity (Wildman–Crippen MR) is 64.2 cm³/mol. The molecule has 0 saturated heterocycles. The summed E-state index contributed by atoms with van der Waals surface area (Å²) in [5, 5.41) is 40.1. The van der Waals surface area contributed by atoms with E-state index in [9.17, 15) is 20.4 Å². The van der Waals surface area contributed by atoms with E-state index in [-0.39, 0.29) is 39.0 Å². The number of nitrogens with two attached hydrogens (primary N) is 2. The lowest BCUT2D eigenvalue weighted by Gasteiger charge is -2.18. The van der Waals surface area contributed by atoms with Crippen LogP contribution in [0.3, 0.4) is 0 Å². The summed E-state index contributed by atoms with van der Waals surface area (Å²) in [7, 11) is 0. The second kappa shape index (κ2) is 9.72. The fourth-order valence-electron chi connectivity index (χ4n) is 1.40. The fourth-order valence-corrected chi connectivity index (χ4v) is 1.40. The second-order valence-electron chi connectivity index (χ2n) is 4.22. The molecule has 0 aliphatic heterocycles. The summed E-state index contributed by atoms with van der Waals surface area (Å²) in [6, 6.07) is 0. The normalized spacial score (nSPS) is 18.7. The van der Waals surface area contributed by atoms with E-state index >= 15 is 0 Å². The molecular weight excluding hydrogens is 226 g/mol. The average Bonchev–Trinajstić information content (AvgIpc) is 2.28. The van der Waals surface area contributed by atoms with E-state index in [0.29, 0.717) is 0 Å². The molecular formula is C10H25N3O4. The lowest BCUT2D eigenvalue weighted by atomic mass is 10.1. The van der Waals surface area contributed by atoms with Crippen molar-refractivity contribution in [1.82, 2.24) is 5.32 Å². The van der Waals surface area contributed by atoms with Gasteiger partial charge in [-0.25, -0.2) is 0 Å². The number of aliphatic hydroxyl groups excluding tert-OH is 4. The molecule has 9 N–H and O–H groups in total. The molecule has 0 aromatic carbocycles. The molecule has 17 heavy (non-hydrogen) atoms. The summed E-state index contributed by atoms with van der Waals surface area (Å²) in [5.41, 5.74) is 10.4. The Kier molecular flexibility index (Phi) is 9.56. The molecule has 0 aromatic heterocycles. The van der Waals surface area contributed by atoms with Crippen LogP contribution in [-0.4, -0.2) is 71.0 Å². The summed E-state index contributed by atoms with van der Waals surface area (Å²) in [5.74, 6) is 0. The maximum atomic E-state index is 9.46. The van der Waals surface area contributed by atoms with E-state index in [1.165, 1.54) is 0 Å². The van der Waals surface area contributed by atoms with E-state index in [2.05, 4.69) is 5.32 Å². The van der Waals surface area contributed by atoms with Gasteiger partial charge in [0.1, 0.15) is 0 Å². The van der Waals surface area contributed by atoms with Crippen LogP contribution in [0.15, 0.2) is 0 Å². The number of hydrogen-bond acceptors (Lipinski definition) is 7. The first-order valence-corrected chi connectivity index (χ1v) is 5.82. The van der Waals surface area contributed by atoms with Crippen molar-refractivity contribution in [2.45, 2.75) is 37.3 Å². The van der Waals surface area contributed by atoms with Crippen LogP contribution in [0.1, 0.15) is 12.8 Å². The Labute approximate surface area is 101 Å². The third-order valence-electron chi connectivity index (χ3n) is 2.39. The predicted octanol–water partition coefficient (Wildman–Crippen LogP) is -3.28. The van der Waals surface area contributed by atoms with E-state index < -0.39 is 24.4 Å². The van der Waals surface area contributed by atoms with Crippen LogP contribution in [0.5, 0.6) is 0 Å². The van der Waals surface area contributed by atoms with Gasteiger partial charge in [-0.2, -0.15) is 0 Å². The number of rotatable bonds is 10. The highest BCUT2D eigenvalue weighted by atomic mass is 16.3. The van der Waals surface area contributed by atoms with Crippen molar-refractivity contribution in [3.8, 4) is 0 Å². The maximum Gasteiger partial charge on any atom is 0.0689 e. The molecule has 0 radical (unpaired) electrons. The number of aliphatic hydroxyl groups is 4. The Bertz CT molecular complexity index is 167. The van der Waals surface area contributed by atoms with Gasteiger partial charge in [-0.15, -0.1) is 0 Å². The zero-order chi connectivity index (χ0) is 13.3. The third-order valence-corrected chi connectivity index (χ3v) is 2.39. The van der Waals surface area contributed by atoms with Crippen LogP contribution in [0, 0.1) is 0 Å². The van der Waals surface area contributed by atoms with Crippen molar-refractivity contribution in [1.29, 1.82) is 0 Å². The van der Waals surface area contributed by atoms with Gasteiger partial charge in [-0.05, 0) is 0 Å². The molecule has 0 aliphatic rings. The molecule has 104 valence electrons. The lowest BCUT2D eigenvalue weighted by molar-refractivity contribution is 0.0701. The number of nitrogens with one attached hydrogen (secondary N) is 1. The first kappa shape index (κ1) is 16.7. The first-order valence-electron chi connectivity index (χ1n) is 5.82. The van der Waals surface area contributed by atoms with Gasteiger partial charge in [0.15, 0.2) is 0 Å². The molecule has 0 heterocycles. The van der Waals surface area contributed by atoms with Gasteiger partial charge >= 0.3 is 0 Å². The zero-order valence-electron chi connectivity index (χ0n) is 10.00. The van der Waals surface area contributed by atoms with Gasteiger partial charge < -0.3 is 37.2 Å². The molecule has 0 bridgehead atoms. The molecule has 4 atom stereocenters. The van der Waals surface area contributed by atoms with E-state index in [0.717, 1.165) is 0 Å². The van der Waals surface area contributed by atoms with Gasteiger partial charge in [0.2, 0.25) is 0 Å². The standard InChI is InChI=1S/C10H25N3O4/c11-3-7(14)1-9(16)5-13-6-10(17)2-8(15)4-12/h7-10,13-17H,1-6,11-12H2/t7?,8?,9-,10?/m1/s1. The van der Waals surface area contributed by atoms with Crippen molar-refractivity contribution >= 4 is 0 Å². The summed E-state index contributed by atoms with van der Waals surface area (Å²) in [4.78, 5) is 0. The largest absolute Gasteiger partial charge is 0.392 e. The van der Waals surface area contributed by atoms with Crippen LogP contribution >= 0.6 is 0 Å². The van der Waals surface area contributed by atoms with Crippen molar-refractivity contribution in [2.24, 2.45) is 11.5 Å². The van der Waals surface area contributed by atoms with Gasteiger partial charge in [-0.1, -0.05) is 0 Å². The Morgan fingerprint density at radius 1 is 0.706 bits per heavy atom. The lowest BCUT2D eigenvalue weighted by Crippen LogP contribution is -2.37. The maximum absolute atomic E-state index is 9.46. The van der Waals surface area contributed by atoms with Crippen molar-refractivity contribution in [2.75, 3.05) is 26.2 Å². The van der Waals surface area contributed by atoms with Crippen LogP contribution < -0.4 is 16.8 Å². The van der Waals surface area contributed by atoms with E-state index in [1.807, 2.05) is 0 Å². The Balaban J connectivity index is 3.55. The summed E-state index contributed by atoms with van der Waals surface area (Å²) in [6.07, 6.45) is -2.44. The molecule has 7 heteroatoms. The van der Waals surface area contributed by atoms with Crippen LogP contribution in [0.25, 0.3) is 0 Å². The topological polar surface area (TPSA) is 145 Å². The minimum Gasteiger partial charge on any atom is -0.392 e. The highest BCUT2D eigenvalue weighted by Crippen LogP contribution is 1.98. The van der Waals surface area contributed by atoms with Gasteiger partial charge in [0, 0.05) is 39.0 Å². The first-order chi connectivity index (χ1) is 7.99. The molecule has 0 spiro atoms. The summed E-state index contributed by atoms with van der Waals surface area (Å²) < 4.78 is 0. The molecule has 0 fully saturated rings. The Morgan fingerprint density at radius 2 is 1.06 bits per heavy atom. The Hall–Kier alpha value is -0.280. The molecule has 3 unspecified atom stereocenters. The zero-order valence-corrected chi connectivity index (χ0v) is 10.00. The third kappa shape index (κ3) is 9.42. The SMILES string of the molecule is NCC(O)CC(O)CNC[C@H](O)CC(O)CN. The molecule has 0 aliphatic carbocycles.